The molecule has 0 aliphatic heterocycles. The van der Waals surface area contributed by atoms with Gasteiger partial charge in [-0.3, -0.25) is 0 Å². The number of hydrogen-bond acceptors (Lipinski definition) is 1. The number of rotatable bonds is 7. The highest BCUT2D eigenvalue weighted by atomic mass is 19.1. The second kappa shape index (κ2) is 9.26. The molecule has 6 unspecified atom stereocenters. The Balaban J connectivity index is 1.54. The van der Waals surface area contributed by atoms with Crippen LogP contribution in [0.4, 0.5) is 4.39 Å². The first-order chi connectivity index (χ1) is 13.8. The smallest absolute Gasteiger partial charge is 0.120 e. The molecule has 0 radical (unpaired) electrons. The zero-order chi connectivity index (χ0) is 21.1. The van der Waals surface area contributed by atoms with Crippen LogP contribution < -0.4 is 0 Å². The molecule has 0 aromatic heterocycles. The fourth-order valence-corrected chi connectivity index (χ4v) is 4.60. The van der Waals surface area contributed by atoms with Crippen LogP contribution in [0.2, 0.25) is 0 Å². The van der Waals surface area contributed by atoms with Crippen LogP contribution in [-0.2, 0) is 0 Å². The summed E-state index contributed by atoms with van der Waals surface area (Å²) >= 11 is 0. The van der Waals surface area contributed by atoms with E-state index in [4.69, 9.17) is 0 Å². The Morgan fingerprint density at radius 2 is 2.07 bits per heavy atom. The molecule has 6 atom stereocenters. The highest BCUT2D eigenvalue weighted by Crippen LogP contribution is 2.50. The van der Waals surface area contributed by atoms with Crippen molar-refractivity contribution in [3.05, 3.63) is 83.8 Å². The standard InChI is InChI=1S/C27H35FO/c1-17(21(5)23-10-11-27(29)20(4)14-23)12-18(2)25-16-26(25)19(3)13-22-8-6-7-9-24(28)15-22/h6-10,13,15,20-22,25-27,29H,1-2,11-12,14,16H2,3-5H3. The lowest BCUT2D eigenvalue weighted by Gasteiger charge is -2.29. The van der Waals surface area contributed by atoms with E-state index in [1.54, 1.807) is 12.2 Å². The van der Waals surface area contributed by atoms with Crippen LogP contribution in [0.25, 0.3) is 0 Å². The van der Waals surface area contributed by atoms with Crippen LogP contribution in [-0.4, -0.2) is 11.2 Å². The Hall–Kier alpha value is -1.93. The molecular weight excluding hydrogens is 359 g/mol. The van der Waals surface area contributed by atoms with Crippen LogP contribution in [0.15, 0.2) is 83.8 Å². The first-order valence-corrected chi connectivity index (χ1v) is 10.9. The molecule has 0 aromatic carbocycles. The quantitative estimate of drug-likeness (QED) is 0.460. The largest absolute Gasteiger partial charge is 0.393 e. The summed E-state index contributed by atoms with van der Waals surface area (Å²) in [6.07, 6.45) is 16.7. The van der Waals surface area contributed by atoms with Crippen molar-refractivity contribution in [2.45, 2.75) is 52.6 Å². The molecule has 2 heteroatoms. The Labute approximate surface area is 175 Å². The molecule has 3 aliphatic rings. The molecule has 0 spiro atoms. The number of halogens is 1. The van der Waals surface area contributed by atoms with Gasteiger partial charge in [0.05, 0.1) is 6.10 Å². The van der Waals surface area contributed by atoms with Crippen molar-refractivity contribution < 1.29 is 9.50 Å². The zero-order valence-corrected chi connectivity index (χ0v) is 18.1. The molecule has 0 amide bonds. The average molecular weight is 395 g/mol. The van der Waals surface area contributed by atoms with E-state index in [0.29, 0.717) is 23.7 Å². The summed E-state index contributed by atoms with van der Waals surface area (Å²) in [6, 6.07) is 0. The van der Waals surface area contributed by atoms with Crippen LogP contribution in [0, 0.1) is 29.6 Å². The van der Waals surface area contributed by atoms with Gasteiger partial charge < -0.3 is 5.11 Å². The van der Waals surface area contributed by atoms with E-state index in [2.05, 4.69) is 46.1 Å². The van der Waals surface area contributed by atoms with Crippen molar-refractivity contribution >= 4 is 0 Å². The minimum Gasteiger partial charge on any atom is -0.393 e. The molecule has 1 fully saturated rings. The van der Waals surface area contributed by atoms with Gasteiger partial charge in [-0.15, -0.1) is 0 Å². The van der Waals surface area contributed by atoms with E-state index >= 15 is 0 Å². The molecule has 0 aromatic rings. The lowest BCUT2D eigenvalue weighted by atomic mass is 9.79. The molecule has 3 aliphatic carbocycles. The lowest BCUT2D eigenvalue weighted by Crippen LogP contribution is -2.23. The van der Waals surface area contributed by atoms with Gasteiger partial charge in [-0.25, -0.2) is 4.39 Å². The fraction of sp³-hybridized carbons (Fsp3) is 0.481. The summed E-state index contributed by atoms with van der Waals surface area (Å²) in [5.41, 5.74) is 5.23. The molecule has 3 rings (SSSR count). The molecule has 0 saturated heterocycles. The van der Waals surface area contributed by atoms with Gasteiger partial charge in [-0.1, -0.05) is 79.7 Å². The fourth-order valence-electron chi connectivity index (χ4n) is 4.60. The van der Waals surface area contributed by atoms with Crippen LogP contribution >= 0.6 is 0 Å². The number of aliphatic hydroxyl groups excluding tert-OH is 1. The normalized spacial score (nSPS) is 32.9. The Kier molecular flexibility index (Phi) is 6.95. The third-order valence-electron chi connectivity index (χ3n) is 6.87. The van der Waals surface area contributed by atoms with Crippen molar-refractivity contribution in [1.82, 2.24) is 0 Å². The third kappa shape index (κ3) is 5.57. The third-order valence-corrected chi connectivity index (χ3v) is 6.87. The van der Waals surface area contributed by atoms with E-state index < -0.39 is 0 Å². The van der Waals surface area contributed by atoms with Crippen molar-refractivity contribution in [2.75, 3.05) is 0 Å². The van der Waals surface area contributed by atoms with Crippen LogP contribution in [0.1, 0.15) is 46.5 Å². The van der Waals surface area contributed by atoms with Crippen LogP contribution in [0.3, 0.4) is 0 Å². The number of aliphatic hydroxyl groups is 1. The minimum absolute atomic E-state index is 0.0186. The maximum Gasteiger partial charge on any atom is 0.120 e. The number of allylic oxidation sites excluding steroid dienone is 11. The molecule has 1 saturated carbocycles. The summed E-state index contributed by atoms with van der Waals surface area (Å²) in [5.74, 6) is 1.54. The van der Waals surface area contributed by atoms with Gasteiger partial charge in [-0.05, 0) is 68.4 Å². The molecular formula is C27H35FO. The zero-order valence-electron chi connectivity index (χ0n) is 18.1. The Morgan fingerprint density at radius 1 is 1.31 bits per heavy atom. The van der Waals surface area contributed by atoms with Crippen LogP contribution in [0.5, 0.6) is 0 Å². The van der Waals surface area contributed by atoms with Crippen molar-refractivity contribution in [2.24, 2.45) is 29.6 Å². The van der Waals surface area contributed by atoms with Crippen molar-refractivity contribution in [1.29, 1.82) is 0 Å². The topological polar surface area (TPSA) is 20.2 Å². The second-order valence-corrected chi connectivity index (χ2v) is 9.21. The van der Waals surface area contributed by atoms with E-state index in [9.17, 15) is 9.50 Å². The Morgan fingerprint density at radius 3 is 2.79 bits per heavy atom. The lowest BCUT2D eigenvalue weighted by molar-refractivity contribution is 0.111. The summed E-state index contributed by atoms with van der Waals surface area (Å²) in [7, 11) is 0. The van der Waals surface area contributed by atoms with Gasteiger partial charge in [0, 0.05) is 5.92 Å². The summed E-state index contributed by atoms with van der Waals surface area (Å²) in [5, 5.41) is 9.95. The Bertz CT molecular complexity index is 806. The van der Waals surface area contributed by atoms with Gasteiger partial charge in [0.1, 0.15) is 5.83 Å². The molecule has 29 heavy (non-hydrogen) atoms. The van der Waals surface area contributed by atoms with Crippen molar-refractivity contribution in [3.63, 3.8) is 0 Å². The highest BCUT2D eigenvalue weighted by Gasteiger charge is 2.40. The first-order valence-electron chi connectivity index (χ1n) is 10.9. The number of hydrogen-bond donors (Lipinski definition) is 1. The molecule has 0 heterocycles. The van der Waals surface area contributed by atoms with E-state index in [0.717, 1.165) is 25.7 Å². The van der Waals surface area contributed by atoms with E-state index in [-0.39, 0.29) is 17.8 Å². The summed E-state index contributed by atoms with van der Waals surface area (Å²) in [4.78, 5) is 0. The predicted molar refractivity (Wildman–Crippen MR) is 121 cm³/mol. The van der Waals surface area contributed by atoms with Gasteiger partial charge in [0.2, 0.25) is 0 Å². The predicted octanol–water partition coefficient (Wildman–Crippen LogP) is 7.02. The van der Waals surface area contributed by atoms with Crippen molar-refractivity contribution in [3.8, 4) is 0 Å². The summed E-state index contributed by atoms with van der Waals surface area (Å²) < 4.78 is 13.6. The summed E-state index contributed by atoms with van der Waals surface area (Å²) in [6.45, 7) is 15.2. The SMILES string of the molecule is C=C(CC(=C)C1CC1C(C)=CC1C=CC=CC(F)=C1)C(C)C1=CCC(O)C(C)C1. The van der Waals surface area contributed by atoms with E-state index in [1.807, 2.05) is 12.2 Å². The maximum atomic E-state index is 13.6. The minimum atomic E-state index is -0.210. The van der Waals surface area contributed by atoms with Gasteiger partial charge in [0.15, 0.2) is 0 Å². The molecule has 0 bridgehead atoms. The monoisotopic (exact) mass is 394 g/mol. The van der Waals surface area contributed by atoms with E-state index in [1.165, 1.54) is 28.4 Å². The van der Waals surface area contributed by atoms with Gasteiger partial charge >= 0.3 is 0 Å². The molecule has 1 N–H and O–H groups in total. The molecule has 156 valence electrons. The highest BCUT2D eigenvalue weighted by molar-refractivity contribution is 5.32. The first kappa shape index (κ1) is 21.8. The maximum absolute atomic E-state index is 13.6. The van der Waals surface area contributed by atoms with Gasteiger partial charge in [0.25, 0.3) is 0 Å². The second-order valence-electron chi connectivity index (χ2n) is 9.21. The average Bonchev–Trinajstić information content (AvgIpc) is 3.48. The molecule has 1 nitrogen and oxygen atoms in total. The van der Waals surface area contributed by atoms with Gasteiger partial charge in [-0.2, -0.15) is 0 Å².